The zero-order valence-corrected chi connectivity index (χ0v) is 19.7. The second-order valence-electron chi connectivity index (χ2n) is 9.34. The number of hydrogen-bond acceptors (Lipinski definition) is 1. The molecule has 3 aliphatic rings. The number of para-hydroxylation sites is 1. The van der Waals surface area contributed by atoms with E-state index < -0.39 is 0 Å². The monoisotopic (exact) mass is 431 g/mol. The van der Waals surface area contributed by atoms with Crippen LogP contribution in [0.3, 0.4) is 0 Å². The Morgan fingerprint density at radius 3 is 2.30 bits per heavy atom. The molecule has 0 saturated carbocycles. The normalized spacial score (nSPS) is 14.5. The highest BCUT2D eigenvalue weighted by molar-refractivity contribution is 6.36. The highest BCUT2D eigenvalue weighted by Gasteiger charge is 2.32. The number of hydrogen-bond donors (Lipinski definition) is 0. The minimum absolute atomic E-state index is 0.0629. The van der Waals surface area contributed by atoms with Crippen molar-refractivity contribution >= 4 is 23.2 Å². The van der Waals surface area contributed by atoms with E-state index in [2.05, 4.69) is 76.2 Å². The first-order chi connectivity index (χ1) is 15.9. The van der Waals surface area contributed by atoms with Crippen molar-refractivity contribution < 1.29 is 4.79 Å². The Bertz CT molecular complexity index is 1350. The van der Waals surface area contributed by atoms with Crippen molar-refractivity contribution in [1.82, 2.24) is 0 Å². The molecule has 2 heteroatoms. The molecule has 1 amide bonds. The van der Waals surface area contributed by atoms with Gasteiger partial charge in [0.05, 0.1) is 12.2 Å². The topological polar surface area (TPSA) is 20.3 Å². The third-order valence-corrected chi connectivity index (χ3v) is 6.70. The molecule has 0 bridgehead atoms. The van der Waals surface area contributed by atoms with E-state index >= 15 is 0 Å². The second kappa shape index (κ2) is 8.37. The lowest BCUT2D eigenvalue weighted by Gasteiger charge is -2.17. The Morgan fingerprint density at radius 2 is 1.55 bits per heavy atom. The molecule has 0 fully saturated rings. The largest absolute Gasteiger partial charge is 0.303 e. The lowest BCUT2D eigenvalue weighted by atomic mass is 9.99. The molecule has 0 atom stereocenters. The maximum absolute atomic E-state index is 13.7. The van der Waals surface area contributed by atoms with Crippen LogP contribution in [-0.2, 0) is 11.3 Å². The van der Waals surface area contributed by atoms with E-state index in [0.29, 0.717) is 12.5 Å². The number of benzene rings is 2. The van der Waals surface area contributed by atoms with E-state index in [1.54, 1.807) is 0 Å². The molecule has 1 aliphatic heterocycles. The molecule has 1 heterocycles. The fraction of sp³-hybridized carbons (Fsp3) is 0.194. The molecule has 5 rings (SSSR count). The van der Waals surface area contributed by atoms with Crippen molar-refractivity contribution in [1.29, 1.82) is 0 Å². The van der Waals surface area contributed by atoms with E-state index in [1.165, 1.54) is 27.8 Å². The fourth-order valence-corrected chi connectivity index (χ4v) is 4.88. The molecule has 2 nitrogen and oxygen atoms in total. The summed E-state index contributed by atoms with van der Waals surface area (Å²) in [6.45, 7) is 9.36. The van der Waals surface area contributed by atoms with Gasteiger partial charge < -0.3 is 4.90 Å². The molecule has 164 valence electrons. The predicted molar refractivity (Wildman–Crippen MR) is 139 cm³/mol. The molecule has 2 aliphatic carbocycles. The number of fused-ring (bicyclic) bond motifs is 2. The molecule has 2 aromatic rings. The Balaban J connectivity index is 1.62. The van der Waals surface area contributed by atoms with Crippen LogP contribution in [0.4, 0.5) is 5.69 Å². The molecule has 0 radical (unpaired) electrons. The number of anilines is 1. The number of carbonyl (C=O) groups excluding carboxylic acids is 1. The number of rotatable bonds is 4. The van der Waals surface area contributed by atoms with E-state index in [0.717, 1.165) is 28.0 Å². The average molecular weight is 432 g/mol. The smallest absolute Gasteiger partial charge is 0.259 e. The van der Waals surface area contributed by atoms with Crippen LogP contribution in [-0.4, -0.2) is 5.91 Å². The molecule has 0 saturated heterocycles. The molecular formula is C31H29NO. The van der Waals surface area contributed by atoms with Gasteiger partial charge in [-0.25, -0.2) is 0 Å². The summed E-state index contributed by atoms with van der Waals surface area (Å²) in [6, 6.07) is 27.3. The zero-order chi connectivity index (χ0) is 23.1. The lowest BCUT2D eigenvalue weighted by Crippen LogP contribution is -2.25. The summed E-state index contributed by atoms with van der Waals surface area (Å²) in [4.78, 5) is 15.6. The quantitative estimate of drug-likeness (QED) is 0.304. The SMILES string of the molecule is Cc1cc(C=C2C(=O)N(Cc3ccccc3)c3ccccc32)c2c(C)ccc(C(C)C)cc1-2. The van der Waals surface area contributed by atoms with Gasteiger partial charge in [0.25, 0.3) is 5.91 Å². The number of aryl methyl sites for hydroxylation is 2. The third kappa shape index (κ3) is 3.76. The maximum atomic E-state index is 13.7. The fourth-order valence-electron chi connectivity index (χ4n) is 4.88. The minimum Gasteiger partial charge on any atom is -0.303 e. The van der Waals surface area contributed by atoms with Gasteiger partial charge in [0, 0.05) is 11.1 Å². The lowest BCUT2D eigenvalue weighted by molar-refractivity contribution is -0.113. The predicted octanol–water partition coefficient (Wildman–Crippen LogP) is 7.62. The molecule has 0 unspecified atom stereocenters. The van der Waals surface area contributed by atoms with Crippen molar-refractivity contribution in [3.05, 3.63) is 112 Å². The van der Waals surface area contributed by atoms with Crippen LogP contribution in [0.15, 0.2) is 78.9 Å². The first kappa shape index (κ1) is 21.2. The van der Waals surface area contributed by atoms with E-state index in [1.807, 2.05) is 41.3 Å². The van der Waals surface area contributed by atoms with Crippen molar-refractivity contribution in [2.24, 2.45) is 0 Å². The summed E-state index contributed by atoms with van der Waals surface area (Å²) < 4.78 is 0. The summed E-state index contributed by atoms with van der Waals surface area (Å²) >= 11 is 0. The van der Waals surface area contributed by atoms with Crippen molar-refractivity contribution in [2.45, 2.75) is 40.2 Å². The standard InChI is InChI=1S/C31H29NO/c1-20(2)24-15-14-21(3)30-25(16-22(4)27(30)17-24)18-28-26-12-8-9-13-29(26)32(31(28)33)19-23-10-6-5-7-11-23/h5-18,20H,19H2,1-4H3. The first-order valence-corrected chi connectivity index (χ1v) is 11.6. The summed E-state index contributed by atoms with van der Waals surface area (Å²) in [5, 5.41) is 0. The van der Waals surface area contributed by atoms with E-state index in [-0.39, 0.29) is 5.91 Å². The average Bonchev–Trinajstić information content (AvgIpc) is 3.17. The molecule has 0 aromatic heterocycles. The van der Waals surface area contributed by atoms with Crippen molar-refractivity contribution in [3.8, 4) is 11.1 Å². The van der Waals surface area contributed by atoms with Crippen molar-refractivity contribution in [3.63, 3.8) is 0 Å². The van der Waals surface area contributed by atoms with Gasteiger partial charge >= 0.3 is 0 Å². The highest BCUT2D eigenvalue weighted by atomic mass is 16.2. The minimum atomic E-state index is 0.0629. The van der Waals surface area contributed by atoms with Crippen LogP contribution >= 0.6 is 0 Å². The Morgan fingerprint density at radius 1 is 0.818 bits per heavy atom. The van der Waals surface area contributed by atoms with Crippen LogP contribution in [0, 0.1) is 13.8 Å². The van der Waals surface area contributed by atoms with Gasteiger partial charge in [-0.1, -0.05) is 86.6 Å². The van der Waals surface area contributed by atoms with Gasteiger partial charge in [0.1, 0.15) is 0 Å². The molecule has 2 aromatic carbocycles. The summed E-state index contributed by atoms with van der Waals surface area (Å²) in [5.41, 5.74) is 11.3. The number of amides is 1. The van der Waals surface area contributed by atoms with Crippen LogP contribution < -0.4 is 4.90 Å². The third-order valence-electron chi connectivity index (χ3n) is 6.70. The van der Waals surface area contributed by atoms with E-state index in [9.17, 15) is 4.79 Å². The second-order valence-corrected chi connectivity index (χ2v) is 9.34. The van der Waals surface area contributed by atoms with E-state index in [4.69, 9.17) is 0 Å². The van der Waals surface area contributed by atoms with Gasteiger partial charge in [-0.15, -0.1) is 0 Å². The molecule has 0 spiro atoms. The van der Waals surface area contributed by atoms with Crippen LogP contribution in [0.2, 0.25) is 0 Å². The van der Waals surface area contributed by atoms with Gasteiger partial charge in [-0.3, -0.25) is 4.79 Å². The van der Waals surface area contributed by atoms with Gasteiger partial charge in [-0.05, 0) is 70.9 Å². The van der Waals surface area contributed by atoms with Crippen LogP contribution in [0.25, 0.3) is 22.8 Å². The van der Waals surface area contributed by atoms with Gasteiger partial charge in [-0.2, -0.15) is 0 Å². The summed E-state index contributed by atoms with van der Waals surface area (Å²) in [5.74, 6) is 0.527. The highest BCUT2D eigenvalue weighted by Crippen LogP contribution is 2.42. The first-order valence-electron chi connectivity index (χ1n) is 11.6. The van der Waals surface area contributed by atoms with Gasteiger partial charge in [0.2, 0.25) is 0 Å². The molecule has 0 N–H and O–H groups in total. The summed E-state index contributed by atoms with van der Waals surface area (Å²) in [7, 11) is 0. The Hall–Kier alpha value is -3.65. The zero-order valence-electron chi connectivity index (χ0n) is 19.7. The molecule has 33 heavy (non-hydrogen) atoms. The summed E-state index contributed by atoms with van der Waals surface area (Å²) in [6.07, 6.45) is 2.10. The maximum Gasteiger partial charge on any atom is 0.259 e. The number of carbonyl (C=O) groups is 1. The van der Waals surface area contributed by atoms with Crippen molar-refractivity contribution in [2.75, 3.05) is 4.90 Å². The number of nitrogens with zero attached hydrogens (tertiary/aromatic N) is 1. The van der Waals surface area contributed by atoms with Gasteiger partial charge in [0.15, 0.2) is 0 Å². The Labute approximate surface area is 196 Å². The van der Waals surface area contributed by atoms with Crippen LogP contribution in [0.1, 0.15) is 53.1 Å². The Kier molecular flexibility index (Phi) is 5.38. The molecular weight excluding hydrogens is 402 g/mol. The van der Waals surface area contributed by atoms with Crippen LogP contribution in [0.5, 0.6) is 0 Å².